The van der Waals surface area contributed by atoms with Crippen LogP contribution in [0.1, 0.15) is 46.0 Å². The van der Waals surface area contributed by atoms with Crippen molar-refractivity contribution in [2.24, 2.45) is 0 Å². The van der Waals surface area contributed by atoms with E-state index < -0.39 is 12.0 Å². The van der Waals surface area contributed by atoms with Gasteiger partial charge in [-0.2, -0.15) is 0 Å². The van der Waals surface area contributed by atoms with Crippen LogP contribution >= 0.6 is 0 Å². The Bertz CT molecular complexity index is 233. The molecule has 17 heavy (non-hydrogen) atoms. The van der Waals surface area contributed by atoms with Crippen molar-refractivity contribution < 1.29 is 9.90 Å². The maximum atomic E-state index is 11.0. The van der Waals surface area contributed by atoms with E-state index in [1.807, 2.05) is 6.92 Å². The predicted molar refractivity (Wildman–Crippen MR) is 69.2 cm³/mol. The molecule has 1 saturated heterocycles. The molecule has 2 N–H and O–H groups in total. The van der Waals surface area contributed by atoms with E-state index in [9.17, 15) is 4.79 Å². The number of nitrogens with one attached hydrogen (secondary N) is 1. The van der Waals surface area contributed by atoms with Crippen molar-refractivity contribution in [3.05, 3.63) is 0 Å². The first-order valence-electron chi connectivity index (χ1n) is 6.85. The number of carboxylic acids is 1. The van der Waals surface area contributed by atoms with Gasteiger partial charge in [-0.25, -0.2) is 0 Å². The molecule has 0 saturated carbocycles. The van der Waals surface area contributed by atoms with Crippen LogP contribution in [0.4, 0.5) is 0 Å². The van der Waals surface area contributed by atoms with Crippen molar-refractivity contribution >= 4 is 5.97 Å². The average molecular weight is 242 g/mol. The molecule has 100 valence electrons. The second-order valence-corrected chi connectivity index (χ2v) is 4.97. The summed E-state index contributed by atoms with van der Waals surface area (Å²) in [6, 6.07) is 0.212. The van der Waals surface area contributed by atoms with Gasteiger partial charge in [0.15, 0.2) is 0 Å². The largest absolute Gasteiger partial charge is 0.480 e. The summed E-state index contributed by atoms with van der Waals surface area (Å²) in [6.07, 6.45) is 5.83. The molecule has 1 aliphatic heterocycles. The average Bonchev–Trinajstić information content (AvgIpc) is 2.49. The highest BCUT2D eigenvalue weighted by Gasteiger charge is 2.20. The Morgan fingerprint density at radius 2 is 2.24 bits per heavy atom. The third-order valence-electron chi connectivity index (χ3n) is 3.64. The number of hydrogen-bond donors (Lipinski definition) is 2. The second kappa shape index (κ2) is 7.67. The number of likely N-dealkylation sites (N-methyl/N-ethyl adjacent to an activating group) is 1. The quantitative estimate of drug-likeness (QED) is 0.744. The van der Waals surface area contributed by atoms with Gasteiger partial charge in [0, 0.05) is 12.6 Å². The van der Waals surface area contributed by atoms with Crippen LogP contribution in [-0.2, 0) is 4.79 Å². The summed E-state index contributed by atoms with van der Waals surface area (Å²) < 4.78 is 0. The van der Waals surface area contributed by atoms with Gasteiger partial charge in [0.05, 0.1) is 0 Å². The normalized spacial score (nSPS) is 24.2. The number of hydrogen-bond acceptors (Lipinski definition) is 3. The Hall–Kier alpha value is -0.610. The smallest absolute Gasteiger partial charge is 0.320 e. The van der Waals surface area contributed by atoms with Gasteiger partial charge in [0.25, 0.3) is 0 Å². The summed E-state index contributed by atoms with van der Waals surface area (Å²) in [4.78, 5) is 13.5. The van der Waals surface area contributed by atoms with Crippen LogP contribution < -0.4 is 5.32 Å². The molecule has 4 heteroatoms. The van der Waals surface area contributed by atoms with E-state index >= 15 is 0 Å². The topological polar surface area (TPSA) is 52.6 Å². The lowest BCUT2D eigenvalue weighted by molar-refractivity contribution is -0.139. The number of nitrogens with zero attached hydrogens (tertiary/aromatic N) is 1. The lowest BCUT2D eigenvalue weighted by Gasteiger charge is -2.28. The van der Waals surface area contributed by atoms with E-state index in [1.165, 1.54) is 25.7 Å². The van der Waals surface area contributed by atoms with Crippen LogP contribution in [0.15, 0.2) is 0 Å². The van der Waals surface area contributed by atoms with E-state index in [1.54, 1.807) is 0 Å². The standard InChI is InChI=1S/C13H26N2O2/c1-3-14-12(13(16)17)8-10-15-9-6-4-5-7-11(15)2/h11-12,14H,3-10H2,1-2H3,(H,16,17). The third kappa shape index (κ3) is 5.04. The maximum Gasteiger partial charge on any atom is 0.320 e. The molecule has 0 aromatic heterocycles. The van der Waals surface area contributed by atoms with Crippen LogP contribution in [0.3, 0.4) is 0 Å². The highest BCUT2D eigenvalue weighted by molar-refractivity contribution is 5.73. The molecule has 0 radical (unpaired) electrons. The van der Waals surface area contributed by atoms with Gasteiger partial charge in [-0.05, 0) is 39.3 Å². The number of carboxylic acid groups (broad SMARTS) is 1. The Morgan fingerprint density at radius 3 is 2.88 bits per heavy atom. The Labute approximate surface area is 104 Å². The molecule has 0 aromatic rings. The number of rotatable bonds is 6. The van der Waals surface area contributed by atoms with Crippen LogP contribution in [0.5, 0.6) is 0 Å². The Balaban J connectivity index is 2.38. The molecular formula is C13H26N2O2. The fourth-order valence-corrected chi connectivity index (χ4v) is 2.52. The van der Waals surface area contributed by atoms with Crippen LogP contribution in [0.25, 0.3) is 0 Å². The van der Waals surface area contributed by atoms with Crippen LogP contribution in [0, 0.1) is 0 Å². The summed E-state index contributed by atoms with van der Waals surface area (Å²) in [5.74, 6) is -0.727. The zero-order valence-corrected chi connectivity index (χ0v) is 11.1. The molecule has 2 atom stereocenters. The zero-order valence-electron chi connectivity index (χ0n) is 11.1. The SMILES string of the molecule is CCNC(CCN1CCCCCC1C)C(=O)O. The lowest BCUT2D eigenvalue weighted by Crippen LogP contribution is -2.41. The van der Waals surface area contributed by atoms with E-state index in [0.29, 0.717) is 19.0 Å². The van der Waals surface area contributed by atoms with Crippen molar-refractivity contribution in [2.75, 3.05) is 19.6 Å². The van der Waals surface area contributed by atoms with Crippen LogP contribution in [0.2, 0.25) is 0 Å². The Morgan fingerprint density at radius 1 is 1.47 bits per heavy atom. The van der Waals surface area contributed by atoms with E-state index in [2.05, 4.69) is 17.1 Å². The summed E-state index contributed by atoms with van der Waals surface area (Å²) in [6.45, 7) is 6.94. The number of aliphatic carboxylic acids is 1. The van der Waals surface area contributed by atoms with Crippen molar-refractivity contribution in [3.8, 4) is 0 Å². The summed E-state index contributed by atoms with van der Waals surface area (Å²) >= 11 is 0. The minimum Gasteiger partial charge on any atom is -0.480 e. The monoisotopic (exact) mass is 242 g/mol. The van der Waals surface area contributed by atoms with Gasteiger partial charge in [0.2, 0.25) is 0 Å². The van der Waals surface area contributed by atoms with Gasteiger partial charge in [-0.1, -0.05) is 19.8 Å². The molecule has 0 amide bonds. The first-order valence-corrected chi connectivity index (χ1v) is 6.85. The molecule has 0 aromatic carbocycles. The molecule has 1 heterocycles. The molecule has 1 fully saturated rings. The van der Waals surface area contributed by atoms with E-state index in [4.69, 9.17) is 5.11 Å². The fourth-order valence-electron chi connectivity index (χ4n) is 2.52. The predicted octanol–water partition coefficient (Wildman–Crippen LogP) is 1.70. The summed E-state index contributed by atoms with van der Waals surface area (Å²) in [5.41, 5.74) is 0. The molecule has 0 aliphatic carbocycles. The van der Waals surface area contributed by atoms with Crippen molar-refractivity contribution in [1.82, 2.24) is 10.2 Å². The van der Waals surface area contributed by atoms with E-state index in [-0.39, 0.29) is 0 Å². The molecule has 4 nitrogen and oxygen atoms in total. The molecule has 1 rings (SSSR count). The lowest BCUT2D eigenvalue weighted by atomic mass is 10.1. The van der Waals surface area contributed by atoms with Crippen molar-refractivity contribution in [3.63, 3.8) is 0 Å². The van der Waals surface area contributed by atoms with Crippen molar-refractivity contribution in [1.29, 1.82) is 0 Å². The van der Waals surface area contributed by atoms with Gasteiger partial charge in [0.1, 0.15) is 6.04 Å². The molecule has 0 spiro atoms. The Kier molecular flexibility index (Phi) is 6.52. The zero-order chi connectivity index (χ0) is 12.7. The van der Waals surface area contributed by atoms with Gasteiger partial charge in [-0.3, -0.25) is 4.79 Å². The second-order valence-electron chi connectivity index (χ2n) is 4.97. The summed E-state index contributed by atoms with van der Waals surface area (Å²) in [5, 5.41) is 12.1. The minimum absolute atomic E-state index is 0.393. The van der Waals surface area contributed by atoms with Crippen LogP contribution in [-0.4, -0.2) is 47.7 Å². The maximum absolute atomic E-state index is 11.0. The van der Waals surface area contributed by atoms with Crippen molar-refractivity contribution in [2.45, 2.75) is 58.0 Å². The van der Waals surface area contributed by atoms with Gasteiger partial charge < -0.3 is 15.3 Å². The third-order valence-corrected chi connectivity index (χ3v) is 3.64. The highest BCUT2D eigenvalue weighted by atomic mass is 16.4. The molecular weight excluding hydrogens is 216 g/mol. The molecule has 0 bridgehead atoms. The fraction of sp³-hybridized carbons (Fsp3) is 0.923. The number of likely N-dealkylation sites (tertiary alicyclic amines) is 1. The summed E-state index contributed by atoms with van der Waals surface area (Å²) in [7, 11) is 0. The van der Waals surface area contributed by atoms with Gasteiger partial charge in [-0.15, -0.1) is 0 Å². The molecule has 1 aliphatic rings. The first-order chi connectivity index (χ1) is 8.15. The van der Waals surface area contributed by atoms with Gasteiger partial charge >= 0.3 is 5.97 Å². The molecule has 2 unspecified atom stereocenters. The van der Waals surface area contributed by atoms with E-state index in [0.717, 1.165) is 13.1 Å². The minimum atomic E-state index is -0.727. The highest BCUT2D eigenvalue weighted by Crippen LogP contribution is 2.16. The first kappa shape index (κ1) is 14.5. The number of carbonyl (C=O) groups is 1.